The Balaban J connectivity index is 1.74. The summed E-state index contributed by atoms with van der Waals surface area (Å²) in [5, 5.41) is 3.64. The first kappa shape index (κ1) is 31.6. The highest BCUT2D eigenvalue weighted by molar-refractivity contribution is 7.92. The van der Waals surface area contributed by atoms with Gasteiger partial charge in [-0.3, -0.25) is 13.9 Å². The van der Waals surface area contributed by atoms with Gasteiger partial charge in [0.1, 0.15) is 12.6 Å². The van der Waals surface area contributed by atoms with E-state index >= 15 is 0 Å². The molecular formula is C33H40ClN3O4S. The second-order valence-electron chi connectivity index (χ2n) is 11.0. The number of hydrogen-bond acceptors (Lipinski definition) is 4. The Hall–Kier alpha value is -3.36. The third-order valence-electron chi connectivity index (χ3n) is 7.88. The van der Waals surface area contributed by atoms with Crippen molar-refractivity contribution in [2.75, 3.05) is 10.8 Å². The summed E-state index contributed by atoms with van der Waals surface area (Å²) in [6, 6.07) is 20.1. The van der Waals surface area contributed by atoms with Gasteiger partial charge in [-0.1, -0.05) is 86.3 Å². The summed E-state index contributed by atoms with van der Waals surface area (Å²) < 4.78 is 29.3. The second-order valence-corrected chi connectivity index (χ2v) is 13.3. The van der Waals surface area contributed by atoms with Crippen LogP contribution in [-0.2, 0) is 26.2 Å². The fourth-order valence-corrected chi connectivity index (χ4v) is 7.18. The van der Waals surface area contributed by atoms with Gasteiger partial charge in [-0.15, -0.1) is 0 Å². The molecule has 42 heavy (non-hydrogen) atoms. The van der Waals surface area contributed by atoms with Gasteiger partial charge in [-0.25, -0.2) is 8.42 Å². The fourth-order valence-electron chi connectivity index (χ4n) is 5.50. The molecule has 0 spiro atoms. The van der Waals surface area contributed by atoms with Crippen LogP contribution in [-0.4, -0.2) is 43.8 Å². The number of nitrogens with one attached hydrogen (secondary N) is 1. The largest absolute Gasteiger partial charge is 0.352 e. The minimum absolute atomic E-state index is 0.0706. The van der Waals surface area contributed by atoms with Gasteiger partial charge in [0, 0.05) is 17.6 Å². The maximum atomic E-state index is 14.3. The second kappa shape index (κ2) is 14.2. The van der Waals surface area contributed by atoms with Crippen molar-refractivity contribution in [3.63, 3.8) is 0 Å². The number of carbonyl (C=O) groups is 2. The lowest BCUT2D eigenvalue weighted by molar-refractivity contribution is -0.140. The summed E-state index contributed by atoms with van der Waals surface area (Å²) in [5.74, 6) is -0.713. The topological polar surface area (TPSA) is 86.8 Å². The molecule has 4 rings (SSSR count). The Bertz CT molecular complexity index is 1490. The summed E-state index contributed by atoms with van der Waals surface area (Å²) >= 11 is 6.50. The van der Waals surface area contributed by atoms with Crippen molar-refractivity contribution in [2.24, 2.45) is 0 Å². The molecule has 0 aromatic heterocycles. The molecule has 7 nitrogen and oxygen atoms in total. The summed E-state index contributed by atoms with van der Waals surface area (Å²) in [4.78, 5) is 29.5. The van der Waals surface area contributed by atoms with Gasteiger partial charge in [0.25, 0.3) is 10.0 Å². The van der Waals surface area contributed by atoms with Crippen molar-refractivity contribution in [2.45, 2.75) is 82.8 Å². The molecule has 1 aliphatic carbocycles. The van der Waals surface area contributed by atoms with Gasteiger partial charge < -0.3 is 10.2 Å². The molecule has 1 saturated carbocycles. The molecule has 2 amide bonds. The third-order valence-corrected chi connectivity index (χ3v) is 10.0. The Morgan fingerprint density at radius 1 is 0.952 bits per heavy atom. The van der Waals surface area contributed by atoms with Gasteiger partial charge in [0.15, 0.2) is 0 Å². The molecule has 1 aliphatic rings. The molecule has 1 fully saturated rings. The molecule has 0 radical (unpaired) electrons. The van der Waals surface area contributed by atoms with Crippen LogP contribution in [0.3, 0.4) is 0 Å². The first-order chi connectivity index (χ1) is 20.1. The Kier molecular flexibility index (Phi) is 10.7. The quantitative estimate of drug-likeness (QED) is 0.272. The number of aryl methyl sites for hydroxylation is 2. The number of anilines is 1. The zero-order valence-corrected chi connectivity index (χ0v) is 26.1. The standard InChI is InChI=1S/C33H40ClN3O4S/c1-4-30(33(39)35-27-14-7-5-8-15-27)36(22-26-13-11-12-18-29(26)34)32(38)23-37(31-21-24(2)19-20-25(31)3)42(40,41)28-16-9-6-10-17-28/h6,9-13,16-21,27,30H,4-5,7-8,14-15,22-23H2,1-3H3,(H,35,39). The predicted octanol–water partition coefficient (Wildman–Crippen LogP) is 6.41. The van der Waals surface area contributed by atoms with Crippen LogP contribution in [0.5, 0.6) is 0 Å². The lowest BCUT2D eigenvalue weighted by Gasteiger charge is -2.35. The molecular weight excluding hydrogens is 570 g/mol. The summed E-state index contributed by atoms with van der Waals surface area (Å²) in [5.41, 5.74) is 2.68. The molecule has 9 heteroatoms. The van der Waals surface area contributed by atoms with Crippen molar-refractivity contribution >= 4 is 39.1 Å². The van der Waals surface area contributed by atoms with Crippen molar-refractivity contribution < 1.29 is 18.0 Å². The highest BCUT2D eigenvalue weighted by Gasteiger charge is 2.35. The van der Waals surface area contributed by atoms with Crippen LogP contribution in [0.1, 0.15) is 62.1 Å². The first-order valence-electron chi connectivity index (χ1n) is 14.6. The summed E-state index contributed by atoms with van der Waals surface area (Å²) in [6.45, 7) is 5.16. The van der Waals surface area contributed by atoms with E-state index in [1.54, 1.807) is 36.4 Å². The van der Waals surface area contributed by atoms with Crippen LogP contribution in [0.2, 0.25) is 5.02 Å². The number of hydrogen-bond donors (Lipinski definition) is 1. The maximum absolute atomic E-state index is 14.3. The van der Waals surface area contributed by atoms with E-state index in [1.807, 2.05) is 45.0 Å². The van der Waals surface area contributed by atoms with Crippen LogP contribution in [0.25, 0.3) is 0 Å². The minimum Gasteiger partial charge on any atom is -0.352 e. The number of halogens is 1. The van der Waals surface area contributed by atoms with Gasteiger partial charge in [0.05, 0.1) is 10.6 Å². The van der Waals surface area contributed by atoms with E-state index in [9.17, 15) is 18.0 Å². The number of sulfonamides is 1. The average molecular weight is 610 g/mol. The molecule has 1 unspecified atom stereocenters. The van der Waals surface area contributed by atoms with Crippen LogP contribution in [0.15, 0.2) is 77.7 Å². The van der Waals surface area contributed by atoms with E-state index in [-0.39, 0.29) is 23.4 Å². The minimum atomic E-state index is -4.12. The molecule has 224 valence electrons. The molecule has 3 aromatic carbocycles. The SMILES string of the molecule is CCC(C(=O)NC1CCCCC1)N(Cc1ccccc1Cl)C(=O)CN(c1cc(C)ccc1C)S(=O)(=O)c1ccccc1. The normalized spacial score (nSPS) is 14.7. The fraction of sp³-hybridized carbons (Fsp3) is 0.394. The number of amides is 2. The molecule has 0 saturated heterocycles. The van der Waals surface area contributed by atoms with Crippen LogP contribution in [0.4, 0.5) is 5.69 Å². The number of rotatable bonds is 11. The lowest BCUT2D eigenvalue weighted by Crippen LogP contribution is -2.54. The molecule has 0 heterocycles. The van der Waals surface area contributed by atoms with Crippen LogP contribution in [0, 0.1) is 13.8 Å². The maximum Gasteiger partial charge on any atom is 0.264 e. The van der Waals surface area contributed by atoms with Crippen molar-refractivity contribution in [3.8, 4) is 0 Å². The van der Waals surface area contributed by atoms with E-state index in [2.05, 4.69) is 5.32 Å². The molecule has 0 aliphatic heterocycles. The van der Waals surface area contributed by atoms with E-state index in [4.69, 9.17) is 11.6 Å². The van der Waals surface area contributed by atoms with Crippen molar-refractivity contribution in [1.82, 2.24) is 10.2 Å². The van der Waals surface area contributed by atoms with E-state index in [1.165, 1.54) is 21.3 Å². The van der Waals surface area contributed by atoms with Crippen LogP contribution >= 0.6 is 11.6 Å². The molecule has 1 N–H and O–H groups in total. The highest BCUT2D eigenvalue weighted by Crippen LogP contribution is 2.29. The molecule has 3 aromatic rings. The summed E-state index contributed by atoms with van der Waals surface area (Å²) in [6.07, 6.45) is 5.47. The Morgan fingerprint density at radius 2 is 1.62 bits per heavy atom. The third kappa shape index (κ3) is 7.53. The van der Waals surface area contributed by atoms with Gasteiger partial charge in [-0.2, -0.15) is 0 Å². The van der Waals surface area contributed by atoms with E-state index < -0.39 is 28.5 Å². The summed E-state index contributed by atoms with van der Waals surface area (Å²) in [7, 11) is -4.12. The first-order valence-corrected chi connectivity index (χ1v) is 16.4. The Morgan fingerprint density at radius 3 is 2.29 bits per heavy atom. The molecule has 1 atom stereocenters. The van der Waals surface area contributed by atoms with Gasteiger partial charge >= 0.3 is 0 Å². The average Bonchev–Trinajstić information content (AvgIpc) is 2.99. The van der Waals surface area contributed by atoms with Crippen molar-refractivity contribution in [3.05, 3.63) is 94.5 Å². The monoisotopic (exact) mass is 609 g/mol. The molecule has 0 bridgehead atoms. The van der Waals surface area contributed by atoms with Gasteiger partial charge in [0.2, 0.25) is 11.8 Å². The lowest BCUT2D eigenvalue weighted by atomic mass is 9.95. The Labute approximate surface area is 254 Å². The van der Waals surface area contributed by atoms with E-state index in [0.717, 1.165) is 37.7 Å². The van der Waals surface area contributed by atoms with Gasteiger partial charge in [-0.05, 0) is 74.1 Å². The predicted molar refractivity (Wildman–Crippen MR) is 168 cm³/mol. The van der Waals surface area contributed by atoms with Crippen molar-refractivity contribution in [1.29, 1.82) is 0 Å². The number of carbonyl (C=O) groups excluding carboxylic acids is 2. The number of nitrogens with zero attached hydrogens (tertiary/aromatic N) is 2. The zero-order valence-electron chi connectivity index (χ0n) is 24.6. The van der Waals surface area contributed by atoms with E-state index in [0.29, 0.717) is 28.3 Å². The highest BCUT2D eigenvalue weighted by atomic mass is 35.5. The number of benzene rings is 3. The smallest absolute Gasteiger partial charge is 0.264 e. The van der Waals surface area contributed by atoms with Crippen LogP contribution < -0.4 is 9.62 Å². The zero-order chi connectivity index (χ0) is 30.3.